The van der Waals surface area contributed by atoms with Gasteiger partial charge in [-0.2, -0.15) is 11.8 Å². The van der Waals surface area contributed by atoms with Crippen LogP contribution in [0.2, 0.25) is 0 Å². The number of sulfonamides is 1. The maximum absolute atomic E-state index is 11.1. The van der Waals surface area contributed by atoms with Crippen molar-refractivity contribution in [2.45, 2.75) is 23.5 Å². The van der Waals surface area contributed by atoms with Gasteiger partial charge < -0.3 is 11.1 Å². The Morgan fingerprint density at radius 3 is 2.61 bits per heavy atom. The molecule has 102 valence electrons. The maximum atomic E-state index is 11.1. The average molecular weight is 289 g/mol. The Morgan fingerprint density at radius 1 is 1.44 bits per heavy atom. The predicted octanol–water partition coefficient (Wildman–Crippen LogP) is 1.47. The standard InChI is InChI=1S/C11H19N3O2S2/c1-8(17-2)5-6-14-11-4-3-9(7-10(11)12)18(13,15)16/h3-4,7-8,14H,5-6,12H2,1-2H3,(H2,13,15,16). The van der Waals surface area contributed by atoms with E-state index in [0.29, 0.717) is 10.9 Å². The van der Waals surface area contributed by atoms with Gasteiger partial charge in [0.2, 0.25) is 10.0 Å². The SMILES string of the molecule is CSC(C)CCNc1ccc(S(N)(=O)=O)cc1N. The van der Waals surface area contributed by atoms with E-state index in [9.17, 15) is 8.42 Å². The molecule has 0 heterocycles. The van der Waals surface area contributed by atoms with Crippen LogP contribution in [0, 0.1) is 0 Å². The molecular formula is C11H19N3O2S2. The number of nitrogen functional groups attached to an aromatic ring is 1. The second kappa shape index (κ2) is 6.31. The molecule has 18 heavy (non-hydrogen) atoms. The van der Waals surface area contributed by atoms with Gasteiger partial charge in [-0.15, -0.1) is 0 Å². The summed E-state index contributed by atoms with van der Waals surface area (Å²) in [4.78, 5) is 0.0306. The molecule has 7 heteroatoms. The van der Waals surface area contributed by atoms with Crippen LogP contribution < -0.4 is 16.2 Å². The van der Waals surface area contributed by atoms with Gasteiger partial charge in [-0.25, -0.2) is 13.6 Å². The molecule has 0 saturated carbocycles. The first-order chi connectivity index (χ1) is 8.34. The largest absolute Gasteiger partial charge is 0.397 e. The lowest BCUT2D eigenvalue weighted by Gasteiger charge is -2.12. The van der Waals surface area contributed by atoms with Crippen LogP contribution in [0.4, 0.5) is 11.4 Å². The molecule has 5 N–H and O–H groups in total. The third-order valence-corrected chi connectivity index (χ3v) is 4.57. The van der Waals surface area contributed by atoms with Crippen LogP contribution in [0.1, 0.15) is 13.3 Å². The van der Waals surface area contributed by atoms with Gasteiger partial charge in [0.25, 0.3) is 0 Å². The number of thioether (sulfide) groups is 1. The third kappa shape index (κ3) is 4.40. The summed E-state index contributed by atoms with van der Waals surface area (Å²) in [7, 11) is -3.69. The zero-order valence-electron chi connectivity index (χ0n) is 10.5. The van der Waals surface area contributed by atoms with Gasteiger partial charge in [0.05, 0.1) is 16.3 Å². The molecule has 1 rings (SSSR count). The summed E-state index contributed by atoms with van der Waals surface area (Å²) < 4.78 is 22.3. The lowest BCUT2D eigenvalue weighted by molar-refractivity contribution is 0.598. The van der Waals surface area contributed by atoms with Crippen LogP contribution in [0.25, 0.3) is 0 Å². The minimum atomic E-state index is -3.69. The lowest BCUT2D eigenvalue weighted by atomic mass is 10.2. The number of primary sulfonamides is 1. The Morgan fingerprint density at radius 2 is 2.11 bits per heavy atom. The third-order valence-electron chi connectivity index (χ3n) is 2.62. The molecule has 1 unspecified atom stereocenters. The van der Waals surface area contributed by atoms with Crippen molar-refractivity contribution in [3.8, 4) is 0 Å². The van der Waals surface area contributed by atoms with Gasteiger partial charge in [-0.1, -0.05) is 6.92 Å². The van der Waals surface area contributed by atoms with Crippen LogP contribution in [0.15, 0.2) is 23.1 Å². The van der Waals surface area contributed by atoms with E-state index in [4.69, 9.17) is 10.9 Å². The van der Waals surface area contributed by atoms with Crippen molar-refractivity contribution in [3.63, 3.8) is 0 Å². The average Bonchev–Trinajstić information content (AvgIpc) is 2.29. The van der Waals surface area contributed by atoms with Crippen LogP contribution >= 0.6 is 11.8 Å². The monoisotopic (exact) mass is 289 g/mol. The number of hydrogen-bond donors (Lipinski definition) is 3. The van der Waals surface area contributed by atoms with E-state index in [1.165, 1.54) is 12.1 Å². The predicted molar refractivity (Wildman–Crippen MR) is 78.3 cm³/mol. The summed E-state index contributed by atoms with van der Waals surface area (Å²) in [5.74, 6) is 0. The molecule has 1 aromatic rings. The minimum Gasteiger partial charge on any atom is -0.397 e. The van der Waals surface area contributed by atoms with Crippen molar-refractivity contribution in [2.75, 3.05) is 23.9 Å². The number of nitrogens with one attached hydrogen (secondary N) is 1. The van der Waals surface area contributed by atoms with Gasteiger partial charge in [-0.3, -0.25) is 0 Å². The van der Waals surface area contributed by atoms with Crippen molar-refractivity contribution in [3.05, 3.63) is 18.2 Å². The highest BCUT2D eigenvalue weighted by Crippen LogP contribution is 2.22. The van der Waals surface area contributed by atoms with Crippen LogP contribution in [0.5, 0.6) is 0 Å². The Bertz CT molecular complexity index is 503. The first-order valence-electron chi connectivity index (χ1n) is 5.53. The Labute approximate surface area is 112 Å². The van der Waals surface area contributed by atoms with E-state index >= 15 is 0 Å². The molecule has 0 bridgehead atoms. The smallest absolute Gasteiger partial charge is 0.238 e. The molecule has 0 saturated heterocycles. The highest BCUT2D eigenvalue weighted by atomic mass is 32.2. The first kappa shape index (κ1) is 15.1. The fourth-order valence-electron chi connectivity index (χ4n) is 1.41. The summed E-state index contributed by atoms with van der Waals surface area (Å²) in [6, 6.07) is 4.46. The zero-order valence-corrected chi connectivity index (χ0v) is 12.1. The maximum Gasteiger partial charge on any atom is 0.238 e. The highest BCUT2D eigenvalue weighted by molar-refractivity contribution is 7.99. The van der Waals surface area contributed by atoms with Crippen molar-refractivity contribution < 1.29 is 8.42 Å². The van der Waals surface area contributed by atoms with E-state index in [-0.39, 0.29) is 4.90 Å². The van der Waals surface area contributed by atoms with Gasteiger partial charge in [0.15, 0.2) is 0 Å². The minimum absolute atomic E-state index is 0.0306. The van der Waals surface area contributed by atoms with Crippen LogP contribution in [-0.4, -0.2) is 26.5 Å². The first-order valence-corrected chi connectivity index (χ1v) is 8.37. The molecule has 0 aliphatic carbocycles. The zero-order chi connectivity index (χ0) is 13.8. The summed E-state index contributed by atoms with van der Waals surface area (Å²) >= 11 is 1.80. The van der Waals surface area contributed by atoms with Gasteiger partial charge in [0.1, 0.15) is 0 Å². The van der Waals surface area contributed by atoms with Gasteiger partial charge >= 0.3 is 0 Å². The molecule has 0 amide bonds. The summed E-state index contributed by atoms with van der Waals surface area (Å²) in [6.45, 7) is 2.95. The van der Waals surface area contributed by atoms with E-state index in [1.807, 2.05) is 0 Å². The number of hydrogen-bond acceptors (Lipinski definition) is 5. The normalized spacial score (nSPS) is 13.3. The number of nitrogens with two attached hydrogens (primary N) is 2. The van der Waals surface area contributed by atoms with Crippen molar-refractivity contribution in [1.29, 1.82) is 0 Å². The Hall–Kier alpha value is -0.920. The molecule has 0 aliphatic heterocycles. The summed E-state index contributed by atoms with van der Waals surface area (Å²) in [5, 5.41) is 8.78. The molecule has 0 radical (unpaired) electrons. The van der Waals surface area contributed by atoms with Crippen LogP contribution in [-0.2, 0) is 10.0 Å². The summed E-state index contributed by atoms with van der Waals surface area (Å²) in [5.41, 5.74) is 6.90. The Balaban J connectivity index is 2.69. The second-order valence-electron chi connectivity index (χ2n) is 4.06. The lowest BCUT2D eigenvalue weighted by Crippen LogP contribution is -2.13. The molecule has 0 fully saturated rings. The van der Waals surface area contributed by atoms with Crippen molar-refractivity contribution in [2.24, 2.45) is 5.14 Å². The van der Waals surface area contributed by atoms with Crippen molar-refractivity contribution in [1.82, 2.24) is 0 Å². The fraction of sp³-hybridized carbons (Fsp3) is 0.455. The van der Waals surface area contributed by atoms with Gasteiger partial charge in [-0.05, 0) is 30.9 Å². The summed E-state index contributed by atoms with van der Waals surface area (Å²) in [6.07, 6.45) is 3.08. The topological polar surface area (TPSA) is 98.2 Å². The molecular weight excluding hydrogens is 270 g/mol. The quantitative estimate of drug-likeness (QED) is 0.689. The highest BCUT2D eigenvalue weighted by Gasteiger charge is 2.09. The molecule has 0 spiro atoms. The molecule has 5 nitrogen and oxygen atoms in total. The fourth-order valence-corrected chi connectivity index (χ4v) is 2.31. The number of rotatable bonds is 6. The van der Waals surface area contributed by atoms with Crippen molar-refractivity contribution >= 4 is 33.2 Å². The van der Waals surface area contributed by atoms with Crippen LogP contribution in [0.3, 0.4) is 0 Å². The van der Waals surface area contributed by atoms with Gasteiger partial charge in [0, 0.05) is 11.8 Å². The number of benzene rings is 1. The second-order valence-corrected chi connectivity index (χ2v) is 6.89. The van der Waals surface area contributed by atoms with E-state index in [2.05, 4.69) is 18.5 Å². The van der Waals surface area contributed by atoms with E-state index in [0.717, 1.165) is 18.7 Å². The molecule has 1 aromatic carbocycles. The molecule has 1 atom stereocenters. The Kier molecular flexibility index (Phi) is 5.30. The molecule has 0 aliphatic rings. The number of anilines is 2. The molecule has 0 aromatic heterocycles. The van der Waals surface area contributed by atoms with E-state index in [1.54, 1.807) is 17.8 Å². The van der Waals surface area contributed by atoms with E-state index < -0.39 is 10.0 Å².